The molecule has 0 radical (unpaired) electrons. The van der Waals surface area contributed by atoms with Crippen LogP contribution in [0.1, 0.15) is 32.6 Å². The van der Waals surface area contributed by atoms with Crippen molar-refractivity contribution in [3.8, 4) is 0 Å². The Bertz CT molecular complexity index is 575. The summed E-state index contributed by atoms with van der Waals surface area (Å²) in [6, 6.07) is 6.41. The molecule has 102 valence electrons. The molecule has 1 aromatic heterocycles. The van der Waals surface area contributed by atoms with Crippen LogP contribution in [0, 0.1) is 5.92 Å². The van der Waals surface area contributed by atoms with Crippen LogP contribution in [0.3, 0.4) is 0 Å². The number of nitrogens with two attached hydrogens (primary N) is 1. The first-order valence-corrected chi connectivity index (χ1v) is 7.13. The Morgan fingerprint density at radius 3 is 2.89 bits per heavy atom. The molecule has 0 amide bonds. The van der Waals surface area contributed by atoms with Crippen molar-refractivity contribution in [3.05, 3.63) is 18.2 Å². The molecule has 1 saturated carbocycles. The lowest BCUT2D eigenvalue weighted by molar-refractivity contribution is 0.320. The molecule has 19 heavy (non-hydrogen) atoms. The summed E-state index contributed by atoms with van der Waals surface area (Å²) in [6.45, 7) is 2.35. The van der Waals surface area contributed by atoms with Crippen molar-refractivity contribution < 1.29 is 0 Å². The monoisotopic (exact) mass is 258 g/mol. The summed E-state index contributed by atoms with van der Waals surface area (Å²) >= 11 is 0. The molecular formula is C15H22N4. The fraction of sp³-hybridized carbons (Fsp3) is 0.533. The fourth-order valence-electron chi connectivity index (χ4n) is 3.21. The van der Waals surface area contributed by atoms with E-state index in [1.54, 1.807) is 0 Å². The molecule has 1 heterocycles. The minimum absolute atomic E-state index is 0.589. The van der Waals surface area contributed by atoms with Crippen molar-refractivity contribution >= 4 is 22.7 Å². The van der Waals surface area contributed by atoms with Crippen LogP contribution < -0.4 is 10.6 Å². The summed E-state index contributed by atoms with van der Waals surface area (Å²) in [4.78, 5) is 10.4. The highest BCUT2D eigenvalue weighted by Gasteiger charge is 2.26. The number of H-pyrrole nitrogens is 1. The average molecular weight is 258 g/mol. The second-order valence-electron chi connectivity index (χ2n) is 5.78. The third-order valence-corrected chi connectivity index (χ3v) is 4.39. The molecule has 1 aliphatic rings. The number of aromatic amines is 1. The minimum Gasteiger partial charge on any atom is -0.399 e. The van der Waals surface area contributed by atoms with Gasteiger partial charge in [-0.25, -0.2) is 4.98 Å². The van der Waals surface area contributed by atoms with Crippen molar-refractivity contribution in [2.75, 3.05) is 17.7 Å². The number of nitrogens with zero attached hydrogens (tertiary/aromatic N) is 2. The molecule has 0 bridgehead atoms. The van der Waals surface area contributed by atoms with Gasteiger partial charge in [-0.2, -0.15) is 0 Å². The van der Waals surface area contributed by atoms with E-state index in [0.717, 1.165) is 28.6 Å². The average Bonchev–Trinajstić information content (AvgIpc) is 2.81. The SMILES string of the molecule is CC1CCCCC1N(C)c1nc2ccc(N)cc2[nH]1. The summed E-state index contributed by atoms with van der Waals surface area (Å²) in [5.74, 6) is 1.69. The van der Waals surface area contributed by atoms with Crippen molar-refractivity contribution in [1.29, 1.82) is 0 Å². The number of rotatable bonds is 2. The van der Waals surface area contributed by atoms with Gasteiger partial charge in [0.1, 0.15) is 0 Å². The van der Waals surface area contributed by atoms with Gasteiger partial charge in [-0.3, -0.25) is 0 Å². The van der Waals surface area contributed by atoms with Gasteiger partial charge in [0.15, 0.2) is 0 Å². The van der Waals surface area contributed by atoms with Crippen LogP contribution in [0.2, 0.25) is 0 Å². The number of fused-ring (bicyclic) bond motifs is 1. The summed E-state index contributed by atoms with van der Waals surface area (Å²) in [5, 5.41) is 0. The minimum atomic E-state index is 0.589. The second kappa shape index (κ2) is 4.76. The maximum Gasteiger partial charge on any atom is 0.203 e. The molecule has 0 saturated heterocycles. The van der Waals surface area contributed by atoms with Crippen LogP contribution >= 0.6 is 0 Å². The molecule has 1 aromatic carbocycles. The van der Waals surface area contributed by atoms with Crippen LogP contribution in [0.15, 0.2) is 18.2 Å². The molecule has 4 heteroatoms. The van der Waals surface area contributed by atoms with E-state index in [4.69, 9.17) is 5.73 Å². The van der Waals surface area contributed by atoms with Crippen molar-refractivity contribution in [1.82, 2.24) is 9.97 Å². The van der Waals surface area contributed by atoms with Crippen LogP contribution in [0.25, 0.3) is 11.0 Å². The van der Waals surface area contributed by atoms with Gasteiger partial charge < -0.3 is 15.6 Å². The zero-order valence-corrected chi connectivity index (χ0v) is 11.7. The first-order chi connectivity index (χ1) is 9.15. The molecule has 3 N–H and O–H groups in total. The van der Waals surface area contributed by atoms with Crippen molar-refractivity contribution in [2.45, 2.75) is 38.6 Å². The Kier molecular flexibility index (Phi) is 3.09. The van der Waals surface area contributed by atoms with Crippen molar-refractivity contribution in [2.24, 2.45) is 5.92 Å². The summed E-state index contributed by atoms with van der Waals surface area (Å²) in [5.41, 5.74) is 8.59. The summed E-state index contributed by atoms with van der Waals surface area (Å²) in [6.07, 6.45) is 5.27. The van der Waals surface area contributed by atoms with Gasteiger partial charge in [0.2, 0.25) is 5.95 Å². The molecule has 1 aliphatic carbocycles. The van der Waals surface area contributed by atoms with E-state index < -0.39 is 0 Å². The number of imidazole rings is 1. The number of nitrogen functional groups attached to an aromatic ring is 1. The zero-order valence-electron chi connectivity index (χ0n) is 11.7. The second-order valence-corrected chi connectivity index (χ2v) is 5.78. The van der Waals surface area contributed by atoms with E-state index >= 15 is 0 Å². The van der Waals surface area contributed by atoms with Gasteiger partial charge in [0, 0.05) is 18.8 Å². The van der Waals surface area contributed by atoms with Gasteiger partial charge in [0.05, 0.1) is 11.0 Å². The highest BCUT2D eigenvalue weighted by atomic mass is 15.3. The van der Waals surface area contributed by atoms with E-state index in [1.165, 1.54) is 25.7 Å². The lowest BCUT2D eigenvalue weighted by Crippen LogP contribution is -2.39. The Morgan fingerprint density at radius 2 is 2.11 bits per heavy atom. The Balaban J connectivity index is 1.90. The molecule has 2 atom stereocenters. The molecular weight excluding hydrogens is 236 g/mol. The molecule has 1 fully saturated rings. The Labute approximate surface area is 114 Å². The fourth-order valence-corrected chi connectivity index (χ4v) is 3.21. The van der Waals surface area contributed by atoms with E-state index in [-0.39, 0.29) is 0 Å². The number of hydrogen-bond acceptors (Lipinski definition) is 3. The van der Waals surface area contributed by atoms with E-state index in [0.29, 0.717) is 6.04 Å². The van der Waals surface area contributed by atoms with E-state index in [9.17, 15) is 0 Å². The van der Waals surface area contributed by atoms with Crippen LogP contribution in [0.4, 0.5) is 11.6 Å². The van der Waals surface area contributed by atoms with Crippen LogP contribution in [-0.2, 0) is 0 Å². The lowest BCUT2D eigenvalue weighted by Gasteiger charge is -2.36. The normalized spacial score (nSPS) is 23.7. The molecule has 4 nitrogen and oxygen atoms in total. The number of nitrogens with one attached hydrogen (secondary N) is 1. The molecule has 2 aromatic rings. The van der Waals surface area contributed by atoms with Crippen LogP contribution in [-0.4, -0.2) is 23.1 Å². The van der Waals surface area contributed by atoms with E-state index in [1.807, 2.05) is 18.2 Å². The Morgan fingerprint density at radius 1 is 1.32 bits per heavy atom. The quantitative estimate of drug-likeness (QED) is 0.813. The first-order valence-electron chi connectivity index (χ1n) is 7.13. The van der Waals surface area contributed by atoms with Gasteiger partial charge in [-0.1, -0.05) is 19.8 Å². The molecule has 3 rings (SSSR count). The van der Waals surface area contributed by atoms with Crippen LogP contribution in [0.5, 0.6) is 0 Å². The number of aromatic nitrogens is 2. The standard InChI is InChI=1S/C15H22N4/c1-10-5-3-4-6-14(10)19(2)15-17-12-8-7-11(16)9-13(12)18-15/h7-10,14H,3-6,16H2,1-2H3,(H,17,18). The third kappa shape index (κ3) is 2.27. The highest BCUT2D eigenvalue weighted by molar-refractivity contribution is 5.80. The van der Waals surface area contributed by atoms with Gasteiger partial charge in [0.25, 0.3) is 0 Å². The maximum absolute atomic E-state index is 5.81. The number of benzene rings is 1. The molecule has 2 unspecified atom stereocenters. The van der Waals surface area contributed by atoms with Crippen molar-refractivity contribution in [3.63, 3.8) is 0 Å². The molecule has 0 spiro atoms. The largest absolute Gasteiger partial charge is 0.399 e. The highest BCUT2D eigenvalue weighted by Crippen LogP contribution is 2.30. The predicted octanol–water partition coefficient (Wildman–Crippen LogP) is 3.16. The topological polar surface area (TPSA) is 57.9 Å². The Hall–Kier alpha value is -1.71. The van der Waals surface area contributed by atoms with Gasteiger partial charge >= 0.3 is 0 Å². The van der Waals surface area contributed by atoms with Gasteiger partial charge in [-0.15, -0.1) is 0 Å². The predicted molar refractivity (Wildman–Crippen MR) is 80.3 cm³/mol. The first kappa shape index (κ1) is 12.3. The summed E-state index contributed by atoms with van der Waals surface area (Å²) in [7, 11) is 2.15. The smallest absolute Gasteiger partial charge is 0.203 e. The molecule has 0 aliphatic heterocycles. The third-order valence-electron chi connectivity index (χ3n) is 4.39. The summed E-state index contributed by atoms with van der Waals surface area (Å²) < 4.78 is 0. The van der Waals surface area contributed by atoms with Gasteiger partial charge in [-0.05, 0) is 37.0 Å². The number of anilines is 2. The maximum atomic E-state index is 5.81. The lowest BCUT2D eigenvalue weighted by atomic mass is 9.85. The van der Waals surface area contributed by atoms with E-state index in [2.05, 4.69) is 28.8 Å². The number of hydrogen-bond donors (Lipinski definition) is 2. The zero-order chi connectivity index (χ0) is 13.4.